The maximum Gasteiger partial charge on any atom is 0.304 e. The molecule has 0 aliphatic heterocycles. The smallest absolute Gasteiger partial charge is 0.281 e. The van der Waals surface area contributed by atoms with E-state index in [4.69, 9.17) is 23.2 Å². The molecule has 30 heavy (non-hydrogen) atoms. The van der Waals surface area contributed by atoms with Crippen LogP contribution in [0.2, 0.25) is 10.0 Å². The molecule has 10 heteroatoms. The summed E-state index contributed by atoms with van der Waals surface area (Å²) < 4.78 is 31.7. The fourth-order valence-electron chi connectivity index (χ4n) is 2.80. The van der Waals surface area contributed by atoms with Gasteiger partial charge in [0, 0.05) is 23.0 Å². The van der Waals surface area contributed by atoms with Gasteiger partial charge in [0.05, 0.1) is 26.3 Å². The van der Waals surface area contributed by atoms with Crippen molar-refractivity contribution >= 4 is 44.7 Å². The monoisotopic (exact) mass is 477 g/mol. The maximum atomic E-state index is 11.3. The Balaban J connectivity index is 1.76. The molecule has 4 aromatic rings. The fraction of sp³-hybridized carbons (Fsp3) is 0.0500. The average molecular weight is 478 g/mol. The topological polar surface area (TPSA) is 93.0 Å². The molecule has 0 unspecified atom stereocenters. The zero-order valence-corrected chi connectivity index (χ0v) is 18.5. The van der Waals surface area contributed by atoms with Gasteiger partial charge in [-0.1, -0.05) is 29.3 Å². The molecule has 0 aliphatic rings. The van der Waals surface area contributed by atoms with Crippen LogP contribution in [-0.4, -0.2) is 27.9 Å². The summed E-state index contributed by atoms with van der Waals surface area (Å²) in [7, 11) is -4.25. The number of aromatic nitrogens is 3. The molecule has 0 aliphatic carbocycles. The first-order valence-electron chi connectivity index (χ1n) is 8.56. The van der Waals surface area contributed by atoms with Gasteiger partial charge in [-0.2, -0.15) is 8.42 Å². The van der Waals surface area contributed by atoms with Gasteiger partial charge >= 0.3 is 10.1 Å². The van der Waals surface area contributed by atoms with Crippen molar-refractivity contribution in [2.75, 3.05) is 0 Å². The number of pyridine rings is 1. The number of aryl methyl sites for hydroxylation is 1. The van der Waals surface area contributed by atoms with E-state index in [-0.39, 0.29) is 4.21 Å². The molecule has 3 aromatic heterocycles. The Bertz CT molecular complexity index is 1370. The van der Waals surface area contributed by atoms with Crippen molar-refractivity contribution in [3.8, 4) is 33.2 Å². The lowest BCUT2D eigenvalue weighted by Gasteiger charge is -2.08. The Hall–Kier alpha value is -2.36. The summed E-state index contributed by atoms with van der Waals surface area (Å²) in [6.07, 6.45) is 1.60. The highest BCUT2D eigenvalue weighted by atomic mass is 35.5. The van der Waals surface area contributed by atoms with Crippen molar-refractivity contribution in [1.29, 1.82) is 0 Å². The molecule has 4 rings (SSSR count). The van der Waals surface area contributed by atoms with Crippen molar-refractivity contribution in [1.82, 2.24) is 15.0 Å². The number of nitrogens with zero attached hydrogens (tertiary/aromatic N) is 3. The molecule has 3 heterocycles. The van der Waals surface area contributed by atoms with E-state index in [2.05, 4.69) is 15.0 Å². The maximum absolute atomic E-state index is 11.3. The second kappa shape index (κ2) is 8.05. The van der Waals surface area contributed by atoms with E-state index < -0.39 is 10.1 Å². The largest absolute Gasteiger partial charge is 0.304 e. The summed E-state index contributed by atoms with van der Waals surface area (Å²) in [5.74, 6) is 0.492. The molecule has 1 aromatic carbocycles. The lowest BCUT2D eigenvalue weighted by molar-refractivity contribution is 0.485. The number of halogens is 2. The van der Waals surface area contributed by atoms with Crippen LogP contribution in [0.25, 0.3) is 33.2 Å². The van der Waals surface area contributed by atoms with E-state index in [0.717, 1.165) is 22.6 Å². The quantitative estimate of drug-likeness (QED) is 0.373. The molecule has 0 fully saturated rings. The van der Waals surface area contributed by atoms with E-state index in [1.807, 2.05) is 19.1 Å². The fourth-order valence-corrected chi connectivity index (χ4v) is 4.74. The van der Waals surface area contributed by atoms with Crippen LogP contribution in [0.1, 0.15) is 5.69 Å². The summed E-state index contributed by atoms with van der Waals surface area (Å²) in [6.45, 7) is 1.87. The summed E-state index contributed by atoms with van der Waals surface area (Å²) in [5, 5.41) is 0.899. The molecule has 6 nitrogen and oxygen atoms in total. The average Bonchev–Trinajstić information content (AvgIpc) is 3.21. The predicted octanol–water partition coefficient (Wildman–Crippen LogP) is 5.80. The first-order chi connectivity index (χ1) is 14.2. The van der Waals surface area contributed by atoms with Gasteiger partial charge in [0.25, 0.3) is 0 Å². The summed E-state index contributed by atoms with van der Waals surface area (Å²) in [6, 6.07) is 13.6. The SMILES string of the molecule is Cc1cc(-c2ccc(Cl)c(Cl)c2)nc(-c2ccnc(-c3ccc(S(=O)(=O)O)s3)c2)n1. The van der Waals surface area contributed by atoms with Gasteiger partial charge in [-0.3, -0.25) is 9.54 Å². The molecular formula is C20H13Cl2N3O3S2. The highest BCUT2D eigenvalue weighted by molar-refractivity contribution is 7.88. The van der Waals surface area contributed by atoms with Gasteiger partial charge < -0.3 is 0 Å². The van der Waals surface area contributed by atoms with Crippen LogP contribution >= 0.6 is 34.5 Å². The number of benzene rings is 1. The van der Waals surface area contributed by atoms with E-state index in [0.29, 0.717) is 37.7 Å². The lowest BCUT2D eigenvalue weighted by atomic mass is 10.1. The van der Waals surface area contributed by atoms with E-state index in [1.54, 1.807) is 36.5 Å². The zero-order valence-electron chi connectivity index (χ0n) is 15.4. The third-order valence-corrected chi connectivity index (χ3v) is 7.34. The Morgan fingerprint density at radius 2 is 1.70 bits per heavy atom. The van der Waals surface area contributed by atoms with Gasteiger partial charge in [0.2, 0.25) is 0 Å². The molecule has 1 N–H and O–H groups in total. The van der Waals surface area contributed by atoms with Gasteiger partial charge in [0.1, 0.15) is 4.21 Å². The van der Waals surface area contributed by atoms with Gasteiger partial charge in [0.15, 0.2) is 5.82 Å². The van der Waals surface area contributed by atoms with E-state index >= 15 is 0 Å². The third-order valence-electron chi connectivity index (χ3n) is 4.18. The van der Waals surface area contributed by atoms with Crippen LogP contribution in [0.5, 0.6) is 0 Å². The first kappa shape index (κ1) is 20.9. The van der Waals surface area contributed by atoms with Crippen LogP contribution in [0.4, 0.5) is 0 Å². The summed E-state index contributed by atoms with van der Waals surface area (Å²) in [4.78, 5) is 14.1. The number of rotatable bonds is 4. The Morgan fingerprint density at radius 3 is 2.40 bits per heavy atom. The van der Waals surface area contributed by atoms with Gasteiger partial charge in [-0.25, -0.2) is 9.97 Å². The van der Waals surface area contributed by atoms with E-state index in [1.165, 1.54) is 6.07 Å². The van der Waals surface area contributed by atoms with Crippen molar-refractivity contribution < 1.29 is 13.0 Å². The van der Waals surface area contributed by atoms with Crippen molar-refractivity contribution in [3.05, 3.63) is 70.5 Å². The van der Waals surface area contributed by atoms with Crippen LogP contribution in [0.3, 0.4) is 0 Å². The highest BCUT2D eigenvalue weighted by Crippen LogP contribution is 2.32. The Morgan fingerprint density at radius 1 is 0.900 bits per heavy atom. The number of hydrogen-bond donors (Lipinski definition) is 1. The molecule has 0 atom stereocenters. The second-order valence-corrected chi connectivity index (χ2v) is 9.92. The summed E-state index contributed by atoms with van der Waals surface area (Å²) in [5.41, 5.74) is 3.53. The molecule has 152 valence electrons. The van der Waals surface area contributed by atoms with Crippen LogP contribution < -0.4 is 0 Å². The van der Waals surface area contributed by atoms with Crippen LogP contribution in [0.15, 0.2) is 58.9 Å². The van der Waals surface area contributed by atoms with Crippen LogP contribution in [-0.2, 0) is 10.1 Å². The van der Waals surface area contributed by atoms with Crippen molar-refractivity contribution in [2.24, 2.45) is 0 Å². The predicted molar refractivity (Wildman–Crippen MR) is 119 cm³/mol. The minimum atomic E-state index is -4.25. The van der Waals surface area contributed by atoms with Crippen molar-refractivity contribution in [3.63, 3.8) is 0 Å². The zero-order chi connectivity index (χ0) is 21.5. The molecule has 0 radical (unpaired) electrons. The molecule has 0 bridgehead atoms. The van der Waals surface area contributed by atoms with Crippen molar-refractivity contribution in [2.45, 2.75) is 11.1 Å². The Kier molecular flexibility index (Phi) is 5.61. The molecule has 0 amide bonds. The first-order valence-corrected chi connectivity index (χ1v) is 11.6. The standard InChI is InChI=1S/C20H13Cl2N3O3S2/c1-11-8-16(12-2-3-14(21)15(22)9-12)25-20(24-11)13-6-7-23-17(10-13)18-4-5-19(29-18)30(26,27)28/h2-10H,1H3,(H,26,27,28). The molecule has 0 saturated heterocycles. The normalized spacial score (nSPS) is 11.6. The highest BCUT2D eigenvalue weighted by Gasteiger charge is 2.15. The second-order valence-electron chi connectivity index (χ2n) is 6.37. The van der Waals surface area contributed by atoms with Gasteiger partial charge in [-0.05, 0) is 49.4 Å². The lowest BCUT2D eigenvalue weighted by Crippen LogP contribution is -1.96. The molecule has 0 saturated carbocycles. The molecule has 0 spiro atoms. The summed E-state index contributed by atoms with van der Waals surface area (Å²) >= 11 is 13.1. The third kappa shape index (κ3) is 4.38. The van der Waals surface area contributed by atoms with Gasteiger partial charge in [-0.15, -0.1) is 11.3 Å². The minimum Gasteiger partial charge on any atom is -0.281 e. The van der Waals surface area contributed by atoms with Crippen LogP contribution in [0, 0.1) is 6.92 Å². The Labute approximate surface area is 187 Å². The number of hydrogen-bond acceptors (Lipinski definition) is 6. The minimum absolute atomic E-state index is 0.140. The number of thiophene rings is 1. The molecular weight excluding hydrogens is 465 g/mol. The van der Waals surface area contributed by atoms with E-state index in [9.17, 15) is 13.0 Å².